The van der Waals surface area contributed by atoms with Crippen molar-refractivity contribution in [2.75, 3.05) is 26.1 Å². The van der Waals surface area contributed by atoms with Gasteiger partial charge >= 0.3 is 0 Å². The van der Waals surface area contributed by atoms with Gasteiger partial charge in [-0.2, -0.15) is 0 Å². The van der Waals surface area contributed by atoms with Crippen LogP contribution in [0.15, 0.2) is 85.5 Å². The highest BCUT2D eigenvalue weighted by Crippen LogP contribution is 2.44. The van der Waals surface area contributed by atoms with Gasteiger partial charge in [-0.25, -0.2) is 9.97 Å². The lowest BCUT2D eigenvalue weighted by atomic mass is 9.84. The molecule has 0 spiro atoms. The molecule has 0 amide bonds. The predicted octanol–water partition coefficient (Wildman–Crippen LogP) is 5.69. The van der Waals surface area contributed by atoms with Crippen LogP contribution < -0.4 is 4.90 Å². The maximum Gasteiger partial charge on any atom is 0.175 e. The van der Waals surface area contributed by atoms with Crippen LogP contribution in [-0.4, -0.2) is 40.7 Å². The van der Waals surface area contributed by atoms with Crippen molar-refractivity contribution in [3.05, 3.63) is 107 Å². The Hall–Kier alpha value is -3.74. The minimum atomic E-state index is -0.966. The molecule has 0 saturated heterocycles. The third-order valence-corrected chi connectivity index (χ3v) is 6.72. The van der Waals surface area contributed by atoms with Crippen molar-refractivity contribution in [2.45, 2.75) is 5.60 Å². The number of hydrogen-bond donors (Lipinski definition) is 0. The Morgan fingerprint density at radius 1 is 0.943 bits per heavy atom. The Bertz CT molecular complexity index is 1480. The number of halogens is 1. The molecule has 0 saturated carbocycles. The molecule has 2 aromatic carbocycles. The lowest BCUT2D eigenvalue weighted by molar-refractivity contribution is 0.0485. The second-order valence-corrected chi connectivity index (χ2v) is 8.98. The van der Waals surface area contributed by atoms with Crippen LogP contribution in [0.4, 0.5) is 5.82 Å². The van der Waals surface area contributed by atoms with Gasteiger partial charge in [0.1, 0.15) is 11.6 Å². The number of anilines is 1. The number of hydrogen-bond acceptors (Lipinski definition) is 5. The minimum Gasteiger partial charge on any atom is -0.362 e. The van der Waals surface area contributed by atoms with E-state index in [0.717, 1.165) is 44.8 Å². The normalized spacial score (nSPS) is 13.1. The van der Waals surface area contributed by atoms with Gasteiger partial charge in [-0.05, 0) is 41.0 Å². The van der Waals surface area contributed by atoms with Crippen LogP contribution in [0.1, 0.15) is 17.0 Å². The molecule has 0 aliphatic carbocycles. The standard InChI is InChI=1S/C28H26ClN5O/c1-33(2)26-24(19-8-6-5-7-9-19)25(29)22-18-21(10-11-23(22)32-26)28(35-4,20-12-14-30-15-13-20)27-31-16-17-34(27)3/h5-18H,1-4H3. The molecule has 7 heteroatoms. The molecule has 0 radical (unpaired) electrons. The zero-order valence-electron chi connectivity index (χ0n) is 20.1. The molecule has 3 heterocycles. The highest BCUT2D eigenvalue weighted by atomic mass is 35.5. The predicted molar refractivity (Wildman–Crippen MR) is 141 cm³/mol. The summed E-state index contributed by atoms with van der Waals surface area (Å²) in [4.78, 5) is 15.9. The second kappa shape index (κ2) is 9.13. The van der Waals surface area contributed by atoms with Crippen molar-refractivity contribution < 1.29 is 4.74 Å². The first-order chi connectivity index (χ1) is 17.0. The van der Waals surface area contributed by atoms with E-state index in [0.29, 0.717) is 5.02 Å². The molecule has 0 aliphatic heterocycles. The lowest BCUT2D eigenvalue weighted by Gasteiger charge is -2.33. The molecule has 6 nitrogen and oxygen atoms in total. The molecule has 1 unspecified atom stereocenters. The number of aryl methyl sites for hydroxylation is 1. The zero-order valence-corrected chi connectivity index (χ0v) is 20.9. The summed E-state index contributed by atoms with van der Waals surface area (Å²) in [5.41, 5.74) is 3.56. The molecule has 0 N–H and O–H groups in total. The average molecular weight is 484 g/mol. The SMILES string of the molecule is COC(c1ccncc1)(c1ccc2nc(N(C)C)c(-c3ccccc3)c(Cl)c2c1)c1nccn1C. The zero-order chi connectivity index (χ0) is 24.6. The van der Waals surface area contributed by atoms with Crippen molar-refractivity contribution in [3.63, 3.8) is 0 Å². The Morgan fingerprint density at radius 2 is 1.69 bits per heavy atom. The van der Waals surface area contributed by atoms with Crippen LogP contribution >= 0.6 is 11.6 Å². The van der Waals surface area contributed by atoms with E-state index in [-0.39, 0.29) is 0 Å². The van der Waals surface area contributed by atoms with E-state index in [9.17, 15) is 0 Å². The molecular formula is C28H26ClN5O. The van der Waals surface area contributed by atoms with Gasteiger partial charge in [0.2, 0.25) is 0 Å². The van der Waals surface area contributed by atoms with Crippen LogP contribution in [0, 0.1) is 0 Å². The number of benzene rings is 2. The van der Waals surface area contributed by atoms with Crippen molar-refractivity contribution >= 4 is 28.3 Å². The largest absolute Gasteiger partial charge is 0.362 e. The van der Waals surface area contributed by atoms with Gasteiger partial charge in [-0.3, -0.25) is 4.98 Å². The number of rotatable bonds is 6. The van der Waals surface area contributed by atoms with E-state index < -0.39 is 5.60 Å². The summed E-state index contributed by atoms with van der Waals surface area (Å²) in [6.07, 6.45) is 7.21. The summed E-state index contributed by atoms with van der Waals surface area (Å²) in [5.74, 6) is 1.57. The quantitative estimate of drug-likeness (QED) is 0.310. The van der Waals surface area contributed by atoms with E-state index in [1.54, 1.807) is 25.7 Å². The smallest absolute Gasteiger partial charge is 0.175 e. The number of imidazole rings is 1. The molecule has 0 bridgehead atoms. The average Bonchev–Trinajstić information content (AvgIpc) is 3.32. The summed E-state index contributed by atoms with van der Waals surface area (Å²) in [7, 11) is 7.62. The monoisotopic (exact) mass is 483 g/mol. The third kappa shape index (κ3) is 3.75. The van der Waals surface area contributed by atoms with Gasteiger partial charge in [-0.1, -0.05) is 48.0 Å². The number of aromatic nitrogens is 4. The Labute approximate surface area is 209 Å². The molecule has 1 atom stereocenters. The molecule has 0 aliphatic rings. The summed E-state index contributed by atoms with van der Waals surface area (Å²) in [6, 6.07) is 20.1. The highest BCUT2D eigenvalue weighted by molar-refractivity contribution is 6.38. The fourth-order valence-corrected chi connectivity index (χ4v) is 5.00. The van der Waals surface area contributed by atoms with Crippen LogP contribution in [0.3, 0.4) is 0 Å². The van der Waals surface area contributed by atoms with E-state index in [2.05, 4.69) is 28.2 Å². The first-order valence-electron chi connectivity index (χ1n) is 11.3. The number of fused-ring (bicyclic) bond motifs is 1. The molecule has 0 fully saturated rings. The Kier molecular flexibility index (Phi) is 6.01. The van der Waals surface area contributed by atoms with E-state index >= 15 is 0 Å². The maximum atomic E-state index is 7.15. The highest BCUT2D eigenvalue weighted by Gasteiger charge is 2.40. The fraction of sp³-hybridized carbons (Fsp3) is 0.179. The maximum absolute atomic E-state index is 7.15. The summed E-state index contributed by atoms with van der Waals surface area (Å²) in [5, 5.41) is 1.49. The van der Waals surface area contributed by atoms with Crippen LogP contribution in [0.5, 0.6) is 0 Å². The number of pyridine rings is 2. The molecular weight excluding hydrogens is 458 g/mol. The summed E-state index contributed by atoms with van der Waals surface area (Å²) in [6.45, 7) is 0. The number of ether oxygens (including phenoxy) is 1. The van der Waals surface area contributed by atoms with Crippen molar-refractivity contribution in [1.82, 2.24) is 19.5 Å². The molecule has 3 aromatic heterocycles. The number of nitrogens with zero attached hydrogens (tertiary/aromatic N) is 5. The summed E-state index contributed by atoms with van der Waals surface area (Å²) >= 11 is 7.15. The summed E-state index contributed by atoms with van der Waals surface area (Å²) < 4.78 is 8.29. The Balaban J connectivity index is 1.83. The van der Waals surface area contributed by atoms with Gasteiger partial charge in [0.15, 0.2) is 5.60 Å². The van der Waals surface area contributed by atoms with Gasteiger partial charge in [0.25, 0.3) is 0 Å². The van der Waals surface area contributed by atoms with Gasteiger partial charge in [0.05, 0.1) is 10.5 Å². The molecule has 176 valence electrons. The van der Waals surface area contributed by atoms with Crippen LogP contribution in [-0.2, 0) is 17.4 Å². The van der Waals surface area contributed by atoms with Gasteiger partial charge in [-0.15, -0.1) is 0 Å². The molecule has 35 heavy (non-hydrogen) atoms. The third-order valence-electron chi connectivity index (χ3n) is 6.32. The van der Waals surface area contributed by atoms with E-state index in [1.807, 2.05) is 79.3 Å². The number of methoxy groups -OCH3 is 1. The van der Waals surface area contributed by atoms with E-state index in [4.69, 9.17) is 21.3 Å². The lowest BCUT2D eigenvalue weighted by Crippen LogP contribution is -2.34. The van der Waals surface area contributed by atoms with E-state index in [1.165, 1.54) is 0 Å². The van der Waals surface area contributed by atoms with Crippen molar-refractivity contribution in [2.24, 2.45) is 7.05 Å². The molecule has 5 aromatic rings. The van der Waals surface area contributed by atoms with Gasteiger partial charge in [0, 0.05) is 64.0 Å². The molecule has 5 rings (SSSR count). The topological polar surface area (TPSA) is 56.1 Å². The fourth-order valence-electron chi connectivity index (χ4n) is 4.66. The van der Waals surface area contributed by atoms with Crippen molar-refractivity contribution in [3.8, 4) is 11.1 Å². The second-order valence-electron chi connectivity index (χ2n) is 8.60. The van der Waals surface area contributed by atoms with Crippen molar-refractivity contribution in [1.29, 1.82) is 0 Å². The first kappa shape index (κ1) is 23.0. The van der Waals surface area contributed by atoms with Gasteiger partial charge < -0.3 is 14.2 Å². The van der Waals surface area contributed by atoms with Crippen LogP contribution in [0.2, 0.25) is 5.02 Å². The minimum absolute atomic E-state index is 0.645. The first-order valence-corrected chi connectivity index (χ1v) is 11.6. The van der Waals surface area contributed by atoms with Crippen LogP contribution in [0.25, 0.3) is 22.0 Å². The Morgan fingerprint density at radius 3 is 2.31 bits per heavy atom.